The van der Waals surface area contributed by atoms with Crippen LogP contribution >= 0.6 is 11.3 Å². The molecule has 140 valence electrons. The molecule has 4 N–H and O–H groups in total. The average Bonchev–Trinajstić information content (AvgIpc) is 3.38. The van der Waals surface area contributed by atoms with Gasteiger partial charge in [-0.05, 0) is 36.4 Å². The predicted octanol–water partition coefficient (Wildman–Crippen LogP) is 4.04. The molecule has 0 bridgehead atoms. The second-order valence-electron chi connectivity index (χ2n) is 5.95. The highest BCUT2D eigenvalue weighted by Crippen LogP contribution is 2.29. The molecule has 4 rings (SSSR count). The number of hydrogen-bond donors (Lipinski definition) is 3. The van der Waals surface area contributed by atoms with Gasteiger partial charge in [-0.2, -0.15) is 0 Å². The van der Waals surface area contributed by atoms with Gasteiger partial charge in [0.25, 0.3) is 5.91 Å². The Morgan fingerprint density at radius 2 is 2.00 bits per heavy atom. The van der Waals surface area contributed by atoms with Crippen molar-refractivity contribution in [1.82, 2.24) is 15.0 Å². The number of aromatic nitrogens is 3. The summed E-state index contributed by atoms with van der Waals surface area (Å²) in [7, 11) is 1.61. The van der Waals surface area contributed by atoms with Gasteiger partial charge in [0.05, 0.1) is 7.11 Å². The molecule has 0 aliphatic rings. The Morgan fingerprint density at radius 1 is 1.18 bits per heavy atom. The number of carbonyl (C=O) groups excluding carboxylic acids is 1. The molecule has 28 heavy (non-hydrogen) atoms. The van der Waals surface area contributed by atoms with Gasteiger partial charge in [-0.3, -0.25) is 10.1 Å². The van der Waals surface area contributed by atoms with Gasteiger partial charge in [-0.15, -0.1) is 11.3 Å². The highest BCUT2D eigenvalue weighted by molar-refractivity contribution is 7.13. The van der Waals surface area contributed by atoms with E-state index in [1.165, 1.54) is 11.3 Å². The Morgan fingerprint density at radius 3 is 2.68 bits per heavy atom. The third-order valence-corrected chi connectivity index (χ3v) is 4.80. The smallest absolute Gasteiger partial charge is 0.276 e. The summed E-state index contributed by atoms with van der Waals surface area (Å²) in [4.78, 5) is 24.8. The van der Waals surface area contributed by atoms with Crippen molar-refractivity contribution in [3.63, 3.8) is 0 Å². The van der Waals surface area contributed by atoms with Crippen LogP contribution in [0.25, 0.3) is 22.6 Å². The van der Waals surface area contributed by atoms with Gasteiger partial charge in [0.2, 0.25) is 0 Å². The number of benzene rings is 2. The summed E-state index contributed by atoms with van der Waals surface area (Å²) in [5.41, 5.74) is 8.98. The van der Waals surface area contributed by atoms with Crippen molar-refractivity contribution in [2.75, 3.05) is 18.2 Å². The van der Waals surface area contributed by atoms with Gasteiger partial charge in [0, 0.05) is 28.4 Å². The van der Waals surface area contributed by atoms with Crippen molar-refractivity contribution in [3.8, 4) is 28.4 Å². The predicted molar refractivity (Wildman–Crippen MR) is 110 cm³/mol. The van der Waals surface area contributed by atoms with Crippen LogP contribution in [0.15, 0.2) is 60.1 Å². The molecular formula is C20H17N5O2S. The van der Waals surface area contributed by atoms with Gasteiger partial charge < -0.3 is 15.5 Å². The number of nitrogens with zero attached hydrogens (tertiary/aromatic N) is 2. The Balaban J connectivity index is 1.78. The van der Waals surface area contributed by atoms with Crippen molar-refractivity contribution < 1.29 is 9.53 Å². The van der Waals surface area contributed by atoms with E-state index in [-0.39, 0.29) is 5.91 Å². The Hall–Kier alpha value is -3.65. The number of rotatable bonds is 5. The van der Waals surface area contributed by atoms with E-state index in [0.717, 1.165) is 16.9 Å². The van der Waals surface area contributed by atoms with Crippen LogP contribution in [0.4, 0.5) is 10.8 Å². The van der Waals surface area contributed by atoms with Gasteiger partial charge in [0.15, 0.2) is 5.13 Å². The van der Waals surface area contributed by atoms with E-state index in [4.69, 9.17) is 10.5 Å². The fourth-order valence-electron chi connectivity index (χ4n) is 2.76. The summed E-state index contributed by atoms with van der Waals surface area (Å²) in [6.07, 6.45) is 1.63. The third kappa shape index (κ3) is 3.58. The molecule has 0 aliphatic carbocycles. The van der Waals surface area contributed by atoms with E-state index in [1.807, 2.05) is 36.4 Å². The quantitative estimate of drug-likeness (QED) is 0.445. The van der Waals surface area contributed by atoms with Gasteiger partial charge in [0.1, 0.15) is 23.0 Å². The summed E-state index contributed by atoms with van der Waals surface area (Å²) in [6, 6.07) is 14.7. The standard InChI is InChI=1S/C20H17N5O2S/c1-27-15-7-5-12(6-8-15)16-17(19(26)25-20-22-9-10-28-20)24-18(23-16)13-3-2-4-14(21)11-13/h2-11H,21H2,1H3,(H,23,24)(H,22,25,26). The molecule has 0 aliphatic heterocycles. The lowest BCUT2D eigenvalue weighted by Crippen LogP contribution is -2.13. The fourth-order valence-corrected chi connectivity index (χ4v) is 3.29. The molecule has 1 amide bonds. The van der Waals surface area contributed by atoms with Crippen LogP contribution in [-0.2, 0) is 0 Å². The van der Waals surface area contributed by atoms with Crippen LogP contribution in [0.3, 0.4) is 0 Å². The first-order valence-electron chi connectivity index (χ1n) is 8.45. The van der Waals surface area contributed by atoms with E-state index in [9.17, 15) is 4.79 Å². The van der Waals surface area contributed by atoms with Crippen molar-refractivity contribution in [2.45, 2.75) is 0 Å². The summed E-state index contributed by atoms with van der Waals surface area (Å²) >= 11 is 1.35. The van der Waals surface area contributed by atoms with Crippen LogP contribution in [0.2, 0.25) is 0 Å². The normalized spacial score (nSPS) is 10.6. The van der Waals surface area contributed by atoms with Crippen molar-refractivity contribution in [1.29, 1.82) is 0 Å². The lowest BCUT2D eigenvalue weighted by molar-refractivity contribution is 0.102. The number of aromatic amines is 1. The Bertz CT molecular complexity index is 1100. The van der Waals surface area contributed by atoms with E-state index in [2.05, 4.69) is 20.3 Å². The van der Waals surface area contributed by atoms with Crippen LogP contribution in [0, 0.1) is 0 Å². The zero-order chi connectivity index (χ0) is 19.5. The zero-order valence-corrected chi connectivity index (χ0v) is 15.8. The number of nitrogen functional groups attached to an aromatic ring is 1. The number of methoxy groups -OCH3 is 1. The molecule has 7 nitrogen and oxygen atoms in total. The first-order valence-corrected chi connectivity index (χ1v) is 9.33. The number of imidazole rings is 1. The van der Waals surface area contributed by atoms with Crippen molar-refractivity contribution in [3.05, 3.63) is 65.8 Å². The minimum Gasteiger partial charge on any atom is -0.497 e. The summed E-state index contributed by atoms with van der Waals surface area (Å²) in [6.45, 7) is 0. The number of amides is 1. The van der Waals surface area contributed by atoms with E-state index >= 15 is 0 Å². The first kappa shape index (κ1) is 17.7. The van der Waals surface area contributed by atoms with E-state index in [1.54, 1.807) is 30.8 Å². The molecule has 2 heterocycles. The van der Waals surface area contributed by atoms with Crippen LogP contribution < -0.4 is 15.8 Å². The summed E-state index contributed by atoms with van der Waals surface area (Å²) in [5, 5.41) is 5.11. The van der Waals surface area contributed by atoms with E-state index < -0.39 is 0 Å². The highest BCUT2D eigenvalue weighted by atomic mass is 32.1. The van der Waals surface area contributed by atoms with Gasteiger partial charge >= 0.3 is 0 Å². The number of nitrogens with one attached hydrogen (secondary N) is 2. The number of carbonyl (C=O) groups is 1. The maximum atomic E-state index is 12.9. The minimum atomic E-state index is -0.316. The highest BCUT2D eigenvalue weighted by Gasteiger charge is 2.20. The second kappa shape index (κ2) is 7.53. The van der Waals surface area contributed by atoms with Crippen molar-refractivity contribution in [2.24, 2.45) is 0 Å². The maximum Gasteiger partial charge on any atom is 0.276 e. The molecule has 0 unspecified atom stereocenters. The first-order chi connectivity index (χ1) is 13.6. The summed E-state index contributed by atoms with van der Waals surface area (Å²) in [5.74, 6) is 0.968. The molecule has 0 fully saturated rings. The van der Waals surface area contributed by atoms with Crippen molar-refractivity contribution >= 4 is 28.1 Å². The molecule has 0 atom stereocenters. The molecular weight excluding hydrogens is 374 g/mol. The molecule has 8 heteroatoms. The third-order valence-electron chi connectivity index (χ3n) is 4.11. The molecule has 0 saturated heterocycles. The molecule has 4 aromatic rings. The maximum absolute atomic E-state index is 12.9. The number of hydrogen-bond acceptors (Lipinski definition) is 6. The number of nitrogens with two attached hydrogens (primary N) is 1. The number of ether oxygens (including phenoxy) is 1. The monoisotopic (exact) mass is 391 g/mol. The topological polar surface area (TPSA) is 106 Å². The largest absolute Gasteiger partial charge is 0.497 e. The van der Waals surface area contributed by atoms with Crippen LogP contribution in [-0.4, -0.2) is 28.0 Å². The Kier molecular flexibility index (Phi) is 4.77. The second-order valence-corrected chi connectivity index (χ2v) is 6.85. The number of anilines is 2. The zero-order valence-electron chi connectivity index (χ0n) is 15.0. The summed E-state index contributed by atoms with van der Waals surface area (Å²) < 4.78 is 5.21. The minimum absolute atomic E-state index is 0.316. The van der Waals surface area contributed by atoms with E-state index in [0.29, 0.717) is 28.0 Å². The average molecular weight is 391 g/mol. The van der Waals surface area contributed by atoms with Gasteiger partial charge in [-0.25, -0.2) is 9.97 Å². The molecule has 0 radical (unpaired) electrons. The lowest BCUT2D eigenvalue weighted by atomic mass is 10.1. The molecule has 0 spiro atoms. The molecule has 2 aromatic carbocycles. The Labute approximate surface area is 165 Å². The molecule has 0 saturated carbocycles. The number of H-pyrrole nitrogens is 1. The fraction of sp³-hybridized carbons (Fsp3) is 0.0500. The van der Waals surface area contributed by atoms with Crippen LogP contribution in [0.5, 0.6) is 5.75 Å². The van der Waals surface area contributed by atoms with Gasteiger partial charge in [-0.1, -0.05) is 12.1 Å². The van der Waals surface area contributed by atoms with Crippen LogP contribution in [0.1, 0.15) is 10.5 Å². The molecule has 2 aromatic heterocycles. The lowest BCUT2D eigenvalue weighted by Gasteiger charge is -2.04. The number of thiazole rings is 1. The SMILES string of the molecule is COc1ccc(-c2nc(-c3cccc(N)c3)[nH]c2C(=O)Nc2nccs2)cc1.